The molecule has 2 heteroatoms. The van der Waals surface area contributed by atoms with Crippen molar-refractivity contribution in [2.75, 3.05) is 0 Å². The molecule has 2 N–H and O–H groups in total. The molecule has 2 rings (SSSR count). The van der Waals surface area contributed by atoms with E-state index in [9.17, 15) is 10.2 Å². The first kappa shape index (κ1) is 15.9. The summed E-state index contributed by atoms with van der Waals surface area (Å²) < 4.78 is 0. The van der Waals surface area contributed by atoms with Crippen LogP contribution in [0.2, 0.25) is 0 Å². The number of hydrogen-bond acceptors (Lipinski definition) is 2. The van der Waals surface area contributed by atoms with Crippen molar-refractivity contribution in [2.45, 2.75) is 89.8 Å². The van der Waals surface area contributed by atoms with E-state index >= 15 is 0 Å². The number of aliphatic hydroxyl groups is 2. The molecule has 2 aliphatic carbocycles. The summed E-state index contributed by atoms with van der Waals surface area (Å²) in [5, 5.41) is 21.0. The Kier molecular flexibility index (Phi) is 4.52. The molecule has 2 nitrogen and oxygen atoms in total. The molecule has 2 fully saturated rings. The summed E-state index contributed by atoms with van der Waals surface area (Å²) in [4.78, 5) is 0. The van der Waals surface area contributed by atoms with Gasteiger partial charge in [0, 0.05) is 0 Å². The highest BCUT2D eigenvalue weighted by molar-refractivity contribution is 5.22. The molecule has 2 aliphatic rings. The Hall–Kier alpha value is -0.520. The van der Waals surface area contributed by atoms with Gasteiger partial charge in [-0.25, -0.2) is 0 Å². The first-order chi connectivity index (χ1) is 9.23. The molecule has 0 atom stereocenters. The van der Waals surface area contributed by atoms with E-state index in [4.69, 9.17) is 0 Å². The molecule has 0 aromatic rings. The summed E-state index contributed by atoms with van der Waals surface area (Å²) in [6.07, 6.45) is 8.39. The van der Waals surface area contributed by atoms with Crippen LogP contribution in [0.15, 0.2) is 0 Å². The van der Waals surface area contributed by atoms with Crippen molar-refractivity contribution >= 4 is 0 Å². The lowest BCUT2D eigenvalue weighted by molar-refractivity contribution is 0.0190. The molecule has 114 valence electrons. The quantitative estimate of drug-likeness (QED) is 0.664. The molecule has 0 spiro atoms. The molecule has 0 aromatic carbocycles. The highest BCUT2D eigenvalue weighted by Crippen LogP contribution is 2.41. The SMILES string of the molecule is CC(C)(C)C1CCC(O)(C#CC2(O)CCCCC2)CC1. The van der Waals surface area contributed by atoms with Gasteiger partial charge >= 0.3 is 0 Å². The van der Waals surface area contributed by atoms with Gasteiger partial charge < -0.3 is 10.2 Å². The van der Waals surface area contributed by atoms with E-state index in [0.29, 0.717) is 11.3 Å². The zero-order chi connectivity index (χ0) is 14.9. The Balaban J connectivity index is 1.97. The van der Waals surface area contributed by atoms with Crippen LogP contribution in [-0.2, 0) is 0 Å². The van der Waals surface area contributed by atoms with E-state index < -0.39 is 11.2 Å². The maximum absolute atomic E-state index is 10.6. The second-order valence-corrected chi connectivity index (χ2v) is 8.01. The van der Waals surface area contributed by atoms with E-state index in [-0.39, 0.29) is 0 Å². The van der Waals surface area contributed by atoms with E-state index in [1.807, 2.05) is 0 Å². The van der Waals surface area contributed by atoms with Gasteiger partial charge in [0.15, 0.2) is 0 Å². The Morgan fingerprint density at radius 1 is 0.800 bits per heavy atom. The lowest BCUT2D eigenvalue weighted by Crippen LogP contribution is -2.37. The topological polar surface area (TPSA) is 40.5 Å². The van der Waals surface area contributed by atoms with E-state index in [1.54, 1.807) is 0 Å². The molecule has 0 aliphatic heterocycles. The summed E-state index contributed by atoms with van der Waals surface area (Å²) in [6, 6.07) is 0. The Labute approximate surface area is 124 Å². The number of hydrogen-bond donors (Lipinski definition) is 2. The third kappa shape index (κ3) is 3.99. The van der Waals surface area contributed by atoms with Crippen LogP contribution >= 0.6 is 0 Å². The smallest absolute Gasteiger partial charge is 0.125 e. The Bertz CT molecular complexity index is 380. The van der Waals surface area contributed by atoms with Crippen molar-refractivity contribution in [3.8, 4) is 11.8 Å². The number of rotatable bonds is 0. The van der Waals surface area contributed by atoms with Gasteiger partial charge in [0.05, 0.1) is 0 Å². The van der Waals surface area contributed by atoms with Crippen LogP contribution in [0.25, 0.3) is 0 Å². The minimum atomic E-state index is -0.866. The Morgan fingerprint density at radius 3 is 1.70 bits per heavy atom. The zero-order valence-electron chi connectivity index (χ0n) is 13.3. The van der Waals surface area contributed by atoms with Crippen molar-refractivity contribution in [3.63, 3.8) is 0 Å². The molecule has 0 amide bonds. The molecular formula is C18H30O2. The van der Waals surface area contributed by atoms with Gasteiger partial charge in [-0.3, -0.25) is 0 Å². The van der Waals surface area contributed by atoms with Crippen molar-refractivity contribution < 1.29 is 10.2 Å². The molecule has 0 aromatic heterocycles. The second-order valence-electron chi connectivity index (χ2n) is 8.01. The van der Waals surface area contributed by atoms with Crippen molar-refractivity contribution in [2.24, 2.45) is 11.3 Å². The summed E-state index contributed by atoms with van der Waals surface area (Å²) in [7, 11) is 0. The maximum atomic E-state index is 10.6. The van der Waals surface area contributed by atoms with Gasteiger partial charge in [-0.15, -0.1) is 0 Å². The lowest BCUT2D eigenvalue weighted by atomic mass is 9.68. The average Bonchev–Trinajstić information content (AvgIpc) is 2.37. The molecule has 2 saturated carbocycles. The molecule has 20 heavy (non-hydrogen) atoms. The largest absolute Gasteiger partial charge is 0.378 e. The van der Waals surface area contributed by atoms with Gasteiger partial charge in [0.25, 0.3) is 0 Å². The average molecular weight is 278 g/mol. The first-order valence-corrected chi connectivity index (χ1v) is 8.22. The molecular weight excluding hydrogens is 248 g/mol. The van der Waals surface area contributed by atoms with Gasteiger partial charge in [0.2, 0.25) is 0 Å². The van der Waals surface area contributed by atoms with E-state index in [0.717, 1.165) is 51.4 Å². The second kappa shape index (κ2) is 5.70. The molecule has 0 radical (unpaired) electrons. The summed E-state index contributed by atoms with van der Waals surface area (Å²) in [5.41, 5.74) is -1.39. The standard InChI is InChI=1S/C18H30O2/c1-16(2,3)15-7-11-18(20,12-8-15)14-13-17(19)9-5-4-6-10-17/h15,19-20H,4-12H2,1-3H3. The summed E-state index contributed by atoms with van der Waals surface area (Å²) in [5.74, 6) is 6.72. The van der Waals surface area contributed by atoms with Crippen LogP contribution in [0.5, 0.6) is 0 Å². The van der Waals surface area contributed by atoms with Crippen LogP contribution in [0.4, 0.5) is 0 Å². The van der Waals surface area contributed by atoms with Crippen LogP contribution < -0.4 is 0 Å². The normalized spacial score (nSPS) is 34.1. The minimum Gasteiger partial charge on any atom is -0.378 e. The first-order valence-electron chi connectivity index (χ1n) is 8.22. The fourth-order valence-corrected chi connectivity index (χ4v) is 3.58. The van der Waals surface area contributed by atoms with Gasteiger partial charge in [-0.05, 0) is 62.7 Å². The molecule has 0 bridgehead atoms. The zero-order valence-corrected chi connectivity index (χ0v) is 13.3. The fourth-order valence-electron chi connectivity index (χ4n) is 3.58. The van der Waals surface area contributed by atoms with E-state index in [2.05, 4.69) is 32.6 Å². The van der Waals surface area contributed by atoms with Crippen LogP contribution in [0.3, 0.4) is 0 Å². The summed E-state index contributed by atoms with van der Waals surface area (Å²) >= 11 is 0. The lowest BCUT2D eigenvalue weighted by Gasteiger charge is -2.39. The van der Waals surface area contributed by atoms with Gasteiger partial charge in [-0.2, -0.15) is 0 Å². The highest BCUT2D eigenvalue weighted by Gasteiger charge is 2.37. The van der Waals surface area contributed by atoms with Crippen LogP contribution in [-0.4, -0.2) is 21.4 Å². The highest BCUT2D eigenvalue weighted by atomic mass is 16.3. The summed E-state index contributed by atoms with van der Waals surface area (Å²) in [6.45, 7) is 6.83. The third-order valence-electron chi connectivity index (χ3n) is 5.25. The van der Waals surface area contributed by atoms with Crippen molar-refractivity contribution in [1.82, 2.24) is 0 Å². The third-order valence-corrected chi connectivity index (χ3v) is 5.25. The van der Waals surface area contributed by atoms with Gasteiger partial charge in [0.1, 0.15) is 11.2 Å². The van der Waals surface area contributed by atoms with Gasteiger partial charge in [-0.1, -0.05) is 39.0 Å². The molecule has 0 heterocycles. The van der Waals surface area contributed by atoms with Crippen LogP contribution in [0, 0.1) is 23.2 Å². The van der Waals surface area contributed by atoms with Crippen LogP contribution in [0.1, 0.15) is 78.6 Å². The molecule has 0 unspecified atom stereocenters. The monoisotopic (exact) mass is 278 g/mol. The minimum absolute atomic E-state index is 0.316. The predicted molar refractivity (Wildman–Crippen MR) is 82.2 cm³/mol. The van der Waals surface area contributed by atoms with Crippen molar-refractivity contribution in [1.29, 1.82) is 0 Å². The fraction of sp³-hybridized carbons (Fsp3) is 0.889. The Morgan fingerprint density at radius 2 is 1.25 bits per heavy atom. The van der Waals surface area contributed by atoms with Crippen molar-refractivity contribution in [3.05, 3.63) is 0 Å². The predicted octanol–water partition coefficient (Wildman–Crippen LogP) is 3.65. The maximum Gasteiger partial charge on any atom is 0.125 e. The molecule has 0 saturated heterocycles. The van der Waals surface area contributed by atoms with E-state index in [1.165, 1.54) is 6.42 Å².